The Hall–Kier alpha value is -1.70. The van der Waals surface area contributed by atoms with E-state index in [2.05, 4.69) is 45.8 Å². The highest BCUT2D eigenvalue weighted by atomic mass is 19.1. The Bertz CT molecular complexity index is 675. The molecule has 1 aromatic rings. The van der Waals surface area contributed by atoms with Crippen molar-refractivity contribution in [2.45, 2.75) is 33.0 Å². The lowest BCUT2D eigenvalue weighted by Crippen LogP contribution is -2.52. The SMILES string of the molecule is CCN1CCN(CC(C)CNC(=NC)N2CC(C)OC(c3ccc(F)cc3)C2)CC1. The van der Waals surface area contributed by atoms with Gasteiger partial charge in [-0.15, -0.1) is 0 Å². The van der Waals surface area contributed by atoms with Crippen LogP contribution >= 0.6 is 0 Å². The number of nitrogens with one attached hydrogen (secondary N) is 1. The van der Waals surface area contributed by atoms with Crippen LogP contribution in [0.3, 0.4) is 0 Å². The summed E-state index contributed by atoms with van der Waals surface area (Å²) in [5.41, 5.74) is 1.00. The van der Waals surface area contributed by atoms with Gasteiger partial charge in [-0.05, 0) is 37.1 Å². The van der Waals surface area contributed by atoms with Crippen LogP contribution in [-0.2, 0) is 4.74 Å². The molecule has 6 nitrogen and oxygen atoms in total. The van der Waals surface area contributed by atoms with E-state index < -0.39 is 0 Å². The maximum absolute atomic E-state index is 13.3. The van der Waals surface area contributed by atoms with E-state index in [4.69, 9.17) is 4.74 Å². The van der Waals surface area contributed by atoms with Crippen LogP contribution in [-0.4, -0.2) is 92.7 Å². The molecule has 3 atom stereocenters. The van der Waals surface area contributed by atoms with Crippen LogP contribution in [0.2, 0.25) is 0 Å². The molecule has 0 saturated carbocycles. The Morgan fingerprint density at radius 2 is 1.83 bits per heavy atom. The Kier molecular flexibility index (Phi) is 8.48. The lowest BCUT2D eigenvalue weighted by molar-refractivity contribution is -0.0605. The van der Waals surface area contributed by atoms with Crippen LogP contribution in [0.1, 0.15) is 32.4 Å². The van der Waals surface area contributed by atoms with Gasteiger partial charge in [-0.1, -0.05) is 26.0 Å². The van der Waals surface area contributed by atoms with Gasteiger partial charge in [-0.3, -0.25) is 4.99 Å². The molecule has 2 fully saturated rings. The fourth-order valence-corrected chi connectivity index (χ4v) is 4.38. The molecule has 0 spiro atoms. The number of morpholine rings is 1. The van der Waals surface area contributed by atoms with E-state index in [0.29, 0.717) is 12.5 Å². The van der Waals surface area contributed by atoms with Crippen molar-refractivity contribution >= 4 is 5.96 Å². The van der Waals surface area contributed by atoms with E-state index in [9.17, 15) is 4.39 Å². The van der Waals surface area contributed by atoms with E-state index in [1.807, 2.05) is 19.2 Å². The molecule has 0 aliphatic carbocycles. The number of likely N-dealkylation sites (N-methyl/N-ethyl adjacent to an activating group) is 1. The quantitative estimate of drug-likeness (QED) is 0.567. The van der Waals surface area contributed by atoms with E-state index in [-0.39, 0.29) is 18.0 Å². The molecule has 2 aliphatic heterocycles. The molecular weight excluding hydrogens is 381 g/mol. The molecule has 2 saturated heterocycles. The van der Waals surface area contributed by atoms with Crippen molar-refractivity contribution in [3.8, 4) is 0 Å². The summed E-state index contributed by atoms with van der Waals surface area (Å²) < 4.78 is 19.4. The van der Waals surface area contributed by atoms with Gasteiger partial charge in [-0.25, -0.2) is 4.39 Å². The molecule has 1 aromatic carbocycles. The van der Waals surface area contributed by atoms with Crippen molar-refractivity contribution in [2.24, 2.45) is 10.9 Å². The number of guanidine groups is 1. The number of hydrogen-bond donors (Lipinski definition) is 1. The molecule has 3 rings (SSSR count). The van der Waals surface area contributed by atoms with Gasteiger partial charge in [-0.2, -0.15) is 0 Å². The minimum atomic E-state index is -0.220. The number of halogens is 1. The highest BCUT2D eigenvalue weighted by Crippen LogP contribution is 2.25. The highest BCUT2D eigenvalue weighted by molar-refractivity contribution is 5.80. The first-order chi connectivity index (χ1) is 14.5. The predicted octanol–water partition coefficient (Wildman–Crippen LogP) is 2.44. The molecule has 0 aromatic heterocycles. The average Bonchev–Trinajstić information content (AvgIpc) is 2.75. The van der Waals surface area contributed by atoms with Gasteiger partial charge in [0.05, 0.1) is 12.6 Å². The number of benzene rings is 1. The van der Waals surface area contributed by atoms with Gasteiger partial charge < -0.3 is 24.8 Å². The summed E-state index contributed by atoms with van der Waals surface area (Å²) in [4.78, 5) is 11.9. The average molecular weight is 420 g/mol. The van der Waals surface area contributed by atoms with E-state index >= 15 is 0 Å². The van der Waals surface area contributed by atoms with Crippen molar-refractivity contribution < 1.29 is 9.13 Å². The predicted molar refractivity (Wildman–Crippen MR) is 120 cm³/mol. The lowest BCUT2D eigenvalue weighted by atomic mass is 10.1. The smallest absolute Gasteiger partial charge is 0.193 e. The third-order valence-corrected chi connectivity index (χ3v) is 6.10. The van der Waals surface area contributed by atoms with Crippen LogP contribution < -0.4 is 5.32 Å². The van der Waals surface area contributed by atoms with Crippen molar-refractivity contribution in [3.05, 3.63) is 35.6 Å². The molecule has 2 aliphatic rings. The highest BCUT2D eigenvalue weighted by Gasteiger charge is 2.28. The van der Waals surface area contributed by atoms with Gasteiger partial charge in [0.2, 0.25) is 0 Å². The van der Waals surface area contributed by atoms with Crippen LogP contribution in [0.4, 0.5) is 4.39 Å². The summed E-state index contributed by atoms with van der Waals surface area (Å²) in [6.45, 7) is 16.0. The summed E-state index contributed by atoms with van der Waals surface area (Å²) in [6.07, 6.45) is -0.000164. The molecule has 0 radical (unpaired) electrons. The van der Waals surface area contributed by atoms with E-state index in [0.717, 1.165) is 50.8 Å². The molecule has 2 heterocycles. The molecule has 3 unspecified atom stereocenters. The third kappa shape index (κ3) is 6.40. The monoisotopic (exact) mass is 419 g/mol. The first kappa shape index (κ1) is 23.0. The summed E-state index contributed by atoms with van der Waals surface area (Å²) in [6, 6.07) is 6.62. The van der Waals surface area contributed by atoms with Crippen molar-refractivity contribution in [2.75, 3.05) is 66.0 Å². The zero-order chi connectivity index (χ0) is 21.5. The second-order valence-corrected chi connectivity index (χ2v) is 8.66. The van der Waals surface area contributed by atoms with Gasteiger partial charge in [0.15, 0.2) is 5.96 Å². The molecule has 1 N–H and O–H groups in total. The zero-order valence-corrected chi connectivity index (χ0v) is 19.0. The van der Waals surface area contributed by atoms with Crippen LogP contribution in [0.15, 0.2) is 29.3 Å². The summed E-state index contributed by atoms with van der Waals surface area (Å²) in [5, 5.41) is 3.57. The normalized spacial score (nSPS) is 25.4. The molecule has 0 bridgehead atoms. The number of hydrogen-bond acceptors (Lipinski definition) is 4. The molecule has 7 heteroatoms. The maximum atomic E-state index is 13.3. The Morgan fingerprint density at radius 3 is 2.47 bits per heavy atom. The number of nitrogens with zero attached hydrogens (tertiary/aromatic N) is 4. The molecule has 168 valence electrons. The summed E-state index contributed by atoms with van der Waals surface area (Å²) in [5.74, 6) is 1.24. The second-order valence-electron chi connectivity index (χ2n) is 8.66. The van der Waals surface area contributed by atoms with Crippen molar-refractivity contribution in [3.63, 3.8) is 0 Å². The first-order valence-corrected chi connectivity index (χ1v) is 11.3. The third-order valence-electron chi connectivity index (χ3n) is 6.10. The van der Waals surface area contributed by atoms with Crippen molar-refractivity contribution in [1.82, 2.24) is 20.0 Å². The van der Waals surface area contributed by atoms with Crippen LogP contribution in [0, 0.1) is 11.7 Å². The maximum Gasteiger partial charge on any atom is 0.193 e. The molecule has 30 heavy (non-hydrogen) atoms. The van der Waals surface area contributed by atoms with Crippen LogP contribution in [0.5, 0.6) is 0 Å². The lowest BCUT2D eigenvalue weighted by Gasteiger charge is -2.39. The number of ether oxygens (including phenoxy) is 1. The fourth-order valence-electron chi connectivity index (χ4n) is 4.38. The number of aliphatic imine (C=N–C) groups is 1. The first-order valence-electron chi connectivity index (χ1n) is 11.3. The second kappa shape index (κ2) is 11.1. The van der Waals surface area contributed by atoms with Gasteiger partial charge in [0.25, 0.3) is 0 Å². The fraction of sp³-hybridized carbons (Fsp3) is 0.696. The van der Waals surface area contributed by atoms with Gasteiger partial charge >= 0.3 is 0 Å². The zero-order valence-electron chi connectivity index (χ0n) is 19.0. The van der Waals surface area contributed by atoms with Gasteiger partial charge in [0.1, 0.15) is 11.9 Å². The minimum Gasteiger partial charge on any atom is -0.367 e. The van der Waals surface area contributed by atoms with Gasteiger partial charge in [0, 0.05) is 52.9 Å². The van der Waals surface area contributed by atoms with E-state index in [1.165, 1.54) is 25.2 Å². The van der Waals surface area contributed by atoms with Crippen LogP contribution in [0.25, 0.3) is 0 Å². The topological polar surface area (TPSA) is 43.3 Å². The standard InChI is InChI=1S/C23H38FN5O/c1-5-27-10-12-28(13-11-27)15-18(2)14-26-23(25-4)29-16-19(3)30-22(17-29)20-6-8-21(24)9-7-20/h6-9,18-19,22H,5,10-17H2,1-4H3,(H,25,26). The van der Waals surface area contributed by atoms with E-state index in [1.54, 1.807) is 0 Å². The Balaban J connectivity index is 1.50. The molecular formula is C23H38FN5O. The number of piperazine rings is 1. The summed E-state index contributed by atoms with van der Waals surface area (Å²) in [7, 11) is 1.84. The number of rotatable bonds is 6. The Labute approximate surface area is 181 Å². The summed E-state index contributed by atoms with van der Waals surface area (Å²) >= 11 is 0. The van der Waals surface area contributed by atoms with Crippen molar-refractivity contribution in [1.29, 1.82) is 0 Å². The molecule has 0 amide bonds. The largest absolute Gasteiger partial charge is 0.367 e. The minimum absolute atomic E-state index is 0.0830. The Morgan fingerprint density at radius 1 is 1.17 bits per heavy atom.